The largest absolute Gasteiger partial charge is 0.378 e. The van der Waals surface area contributed by atoms with Gasteiger partial charge in [0.2, 0.25) is 10.0 Å². The van der Waals surface area contributed by atoms with Crippen molar-refractivity contribution < 1.29 is 17.2 Å². The molecule has 0 bridgehead atoms. The highest BCUT2D eigenvalue weighted by Gasteiger charge is 2.09. The first kappa shape index (κ1) is 17.2. The fourth-order valence-corrected chi connectivity index (χ4v) is 2.70. The van der Waals surface area contributed by atoms with Gasteiger partial charge in [-0.15, -0.1) is 0 Å². The van der Waals surface area contributed by atoms with Crippen LogP contribution in [-0.2, 0) is 10.0 Å². The van der Waals surface area contributed by atoms with Crippen LogP contribution in [0.2, 0.25) is 0 Å². The topological polar surface area (TPSA) is 58.2 Å². The van der Waals surface area contributed by atoms with E-state index >= 15 is 0 Å². The minimum atomic E-state index is -3.31. The van der Waals surface area contributed by atoms with E-state index in [9.17, 15) is 17.2 Å². The maximum Gasteiger partial charge on any atom is 0.232 e. The number of halogens is 2. The summed E-state index contributed by atoms with van der Waals surface area (Å²) in [5.74, 6) is -1.30. The summed E-state index contributed by atoms with van der Waals surface area (Å²) in [5, 5.41) is 3.00. The predicted molar refractivity (Wildman–Crippen MR) is 87.9 cm³/mol. The smallest absolute Gasteiger partial charge is 0.232 e. The molecule has 124 valence electrons. The number of sulfonamides is 1. The average Bonchev–Trinajstić information content (AvgIpc) is 2.46. The summed E-state index contributed by atoms with van der Waals surface area (Å²) >= 11 is 0. The van der Waals surface area contributed by atoms with Gasteiger partial charge in [-0.25, -0.2) is 17.2 Å². The molecule has 2 N–H and O–H groups in total. The van der Waals surface area contributed by atoms with E-state index < -0.39 is 21.7 Å². The Balaban J connectivity index is 2.09. The molecular formula is C16H18F2N2O2S. The van der Waals surface area contributed by atoms with Crippen LogP contribution in [-0.4, -0.2) is 14.2 Å². The molecule has 2 rings (SSSR count). The van der Waals surface area contributed by atoms with Crippen LogP contribution in [0.5, 0.6) is 0 Å². The number of hydrogen-bond acceptors (Lipinski definition) is 3. The normalized spacial score (nSPS) is 12.7. The van der Waals surface area contributed by atoms with Gasteiger partial charge in [-0.2, -0.15) is 0 Å². The minimum absolute atomic E-state index is 0.00214. The predicted octanol–water partition coefficient (Wildman–Crippen LogP) is 3.90. The standard InChI is InChI=1S/C16H18F2N2O2S/c1-3-23(21,22)20-15-6-4-12(5-7-15)11(2)19-16-9-13(17)8-14(18)10-16/h4-11,19-20H,3H2,1-2H3/t11-/m1/s1. The van der Waals surface area contributed by atoms with Crippen LogP contribution in [0, 0.1) is 11.6 Å². The van der Waals surface area contributed by atoms with E-state index in [2.05, 4.69) is 10.0 Å². The molecule has 0 saturated carbocycles. The Bertz CT molecular complexity index is 757. The summed E-state index contributed by atoms with van der Waals surface area (Å²) in [7, 11) is -3.31. The fourth-order valence-electron chi connectivity index (χ4n) is 2.06. The summed E-state index contributed by atoms with van der Waals surface area (Å²) in [6.07, 6.45) is 0. The molecule has 0 fully saturated rings. The molecule has 0 aliphatic heterocycles. The van der Waals surface area contributed by atoms with Gasteiger partial charge >= 0.3 is 0 Å². The molecule has 0 unspecified atom stereocenters. The molecule has 0 spiro atoms. The lowest BCUT2D eigenvalue weighted by Crippen LogP contribution is -2.14. The van der Waals surface area contributed by atoms with E-state index in [1.807, 2.05) is 6.92 Å². The number of anilines is 2. The van der Waals surface area contributed by atoms with Crippen molar-refractivity contribution in [2.45, 2.75) is 19.9 Å². The molecule has 0 saturated heterocycles. The van der Waals surface area contributed by atoms with Crippen molar-refractivity contribution in [2.75, 3.05) is 15.8 Å². The maximum atomic E-state index is 13.2. The van der Waals surface area contributed by atoms with E-state index in [1.165, 1.54) is 12.1 Å². The minimum Gasteiger partial charge on any atom is -0.378 e. The lowest BCUT2D eigenvalue weighted by atomic mass is 10.1. The Morgan fingerprint density at radius 1 is 1.00 bits per heavy atom. The highest BCUT2D eigenvalue weighted by molar-refractivity contribution is 7.92. The van der Waals surface area contributed by atoms with Crippen LogP contribution in [0.3, 0.4) is 0 Å². The van der Waals surface area contributed by atoms with Gasteiger partial charge in [-0.3, -0.25) is 4.72 Å². The van der Waals surface area contributed by atoms with Gasteiger partial charge < -0.3 is 5.32 Å². The van der Waals surface area contributed by atoms with Crippen molar-refractivity contribution in [1.82, 2.24) is 0 Å². The molecule has 0 aliphatic carbocycles. The SMILES string of the molecule is CCS(=O)(=O)Nc1ccc([C@@H](C)Nc2cc(F)cc(F)c2)cc1. The van der Waals surface area contributed by atoms with Crippen LogP contribution in [0.1, 0.15) is 25.5 Å². The molecule has 7 heteroatoms. The van der Waals surface area contributed by atoms with E-state index in [-0.39, 0.29) is 11.8 Å². The zero-order valence-corrected chi connectivity index (χ0v) is 13.6. The number of nitrogens with one attached hydrogen (secondary N) is 2. The van der Waals surface area contributed by atoms with Crippen LogP contribution in [0.25, 0.3) is 0 Å². The lowest BCUT2D eigenvalue weighted by Gasteiger charge is -2.16. The maximum absolute atomic E-state index is 13.2. The van der Waals surface area contributed by atoms with E-state index in [1.54, 1.807) is 31.2 Å². The lowest BCUT2D eigenvalue weighted by molar-refractivity contribution is 0.583. The van der Waals surface area contributed by atoms with Gasteiger partial charge in [0.05, 0.1) is 5.75 Å². The molecule has 0 aromatic heterocycles. The Morgan fingerprint density at radius 3 is 2.09 bits per heavy atom. The van der Waals surface area contributed by atoms with Crippen molar-refractivity contribution in [3.8, 4) is 0 Å². The first-order valence-electron chi connectivity index (χ1n) is 7.12. The first-order valence-corrected chi connectivity index (χ1v) is 8.77. The molecule has 1 atom stereocenters. The summed E-state index contributed by atoms with van der Waals surface area (Å²) in [6, 6.07) is 9.83. The zero-order chi connectivity index (χ0) is 17.0. The summed E-state index contributed by atoms with van der Waals surface area (Å²) in [4.78, 5) is 0. The van der Waals surface area contributed by atoms with Crippen LogP contribution in [0.4, 0.5) is 20.2 Å². The third-order valence-electron chi connectivity index (χ3n) is 3.31. The van der Waals surface area contributed by atoms with Crippen molar-refractivity contribution >= 4 is 21.4 Å². The Morgan fingerprint density at radius 2 is 1.57 bits per heavy atom. The van der Waals surface area contributed by atoms with Crippen LogP contribution < -0.4 is 10.0 Å². The highest BCUT2D eigenvalue weighted by Crippen LogP contribution is 2.22. The summed E-state index contributed by atoms with van der Waals surface area (Å²) in [6.45, 7) is 3.40. The quantitative estimate of drug-likeness (QED) is 0.838. The second-order valence-corrected chi connectivity index (χ2v) is 7.16. The van der Waals surface area contributed by atoms with E-state index in [0.717, 1.165) is 11.6 Å². The molecular weight excluding hydrogens is 322 g/mol. The summed E-state index contributed by atoms with van der Waals surface area (Å²) < 4.78 is 51.8. The third-order valence-corrected chi connectivity index (χ3v) is 4.62. The van der Waals surface area contributed by atoms with Gasteiger partial charge in [0.15, 0.2) is 0 Å². The molecule has 0 amide bonds. The molecule has 23 heavy (non-hydrogen) atoms. The molecule has 0 radical (unpaired) electrons. The fraction of sp³-hybridized carbons (Fsp3) is 0.250. The third kappa shape index (κ3) is 4.92. The Kier molecular flexibility index (Phi) is 5.20. The molecule has 0 aliphatic rings. The molecule has 0 heterocycles. The van der Waals surface area contributed by atoms with Gasteiger partial charge in [0, 0.05) is 23.5 Å². The average molecular weight is 340 g/mol. The van der Waals surface area contributed by atoms with Crippen molar-refractivity contribution in [2.24, 2.45) is 0 Å². The second-order valence-electron chi connectivity index (χ2n) is 5.15. The first-order chi connectivity index (χ1) is 10.8. The van der Waals surface area contributed by atoms with E-state index in [4.69, 9.17) is 0 Å². The highest BCUT2D eigenvalue weighted by atomic mass is 32.2. The van der Waals surface area contributed by atoms with Crippen molar-refractivity contribution in [3.63, 3.8) is 0 Å². The Hall–Kier alpha value is -2.15. The van der Waals surface area contributed by atoms with Gasteiger partial charge in [0.25, 0.3) is 0 Å². The van der Waals surface area contributed by atoms with Crippen molar-refractivity contribution in [1.29, 1.82) is 0 Å². The Labute approximate surface area is 134 Å². The monoisotopic (exact) mass is 340 g/mol. The molecule has 2 aromatic rings. The van der Waals surface area contributed by atoms with Crippen molar-refractivity contribution in [3.05, 3.63) is 59.7 Å². The second kappa shape index (κ2) is 6.95. The number of hydrogen-bond donors (Lipinski definition) is 2. The van der Waals surface area contributed by atoms with Crippen LogP contribution in [0.15, 0.2) is 42.5 Å². The van der Waals surface area contributed by atoms with Crippen LogP contribution >= 0.6 is 0 Å². The van der Waals surface area contributed by atoms with Gasteiger partial charge in [-0.1, -0.05) is 12.1 Å². The van der Waals surface area contributed by atoms with Gasteiger partial charge in [0.1, 0.15) is 11.6 Å². The number of benzene rings is 2. The van der Waals surface area contributed by atoms with E-state index in [0.29, 0.717) is 11.4 Å². The summed E-state index contributed by atoms with van der Waals surface area (Å²) in [5.41, 5.74) is 1.67. The zero-order valence-electron chi connectivity index (χ0n) is 12.8. The molecule has 2 aromatic carbocycles. The number of rotatable bonds is 6. The van der Waals surface area contributed by atoms with Gasteiger partial charge in [-0.05, 0) is 43.7 Å². The molecule has 4 nitrogen and oxygen atoms in total.